The van der Waals surface area contributed by atoms with Crippen molar-refractivity contribution < 1.29 is 0 Å². The third kappa shape index (κ3) is 2.76. The van der Waals surface area contributed by atoms with Crippen LogP contribution in [0, 0.1) is 0 Å². The van der Waals surface area contributed by atoms with Crippen molar-refractivity contribution in [2.75, 3.05) is 18.0 Å². The summed E-state index contributed by atoms with van der Waals surface area (Å²) in [5, 5.41) is 7.81. The Hall–Kier alpha value is -0.880. The van der Waals surface area contributed by atoms with E-state index in [1.807, 2.05) is 13.1 Å². The van der Waals surface area contributed by atoms with Gasteiger partial charge in [-0.15, -0.1) is 0 Å². The molecule has 2 heterocycles. The Morgan fingerprint density at radius 3 is 2.90 bits per heavy atom. The molecule has 0 amide bonds. The van der Waals surface area contributed by atoms with E-state index in [1.165, 1.54) is 30.4 Å². The van der Waals surface area contributed by atoms with Gasteiger partial charge in [0.1, 0.15) is 4.47 Å². The van der Waals surface area contributed by atoms with Crippen LogP contribution in [0.25, 0.3) is 0 Å². The van der Waals surface area contributed by atoms with Crippen molar-refractivity contribution in [3.63, 3.8) is 0 Å². The first-order valence-electron chi connectivity index (χ1n) is 7.46. The Balaban J connectivity index is 1.87. The second-order valence-electron chi connectivity index (χ2n) is 5.64. The van der Waals surface area contributed by atoms with E-state index in [9.17, 15) is 4.79 Å². The molecule has 1 N–H and O–H groups in total. The molecule has 0 aromatic carbocycles. The van der Waals surface area contributed by atoms with E-state index in [0.29, 0.717) is 23.1 Å². The molecule has 1 unspecified atom stereocenters. The summed E-state index contributed by atoms with van der Waals surface area (Å²) in [5.41, 5.74) is 0.922. The van der Waals surface area contributed by atoms with E-state index in [0.717, 1.165) is 18.8 Å². The molecule has 1 aromatic rings. The van der Waals surface area contributed by atoms with Crippen LogP contribution in [-0.4, -0.2) is 35.0 Å². The number of halogens is 1. The van der Waals surface area contributed by atoms with Gasteiger partial charge < -0.3 is 10.2 Å². The van der Waals surface area contributed by atoms with Crippen molar-refractivity contribution in [3.8, 4) is 0 Å². The van der Waals surface area contributed by atoms with E-state index < -0.39 is 0 Å². The predicted octanol–water partition coefficient (Wildman–Crippen LogP) is 1.75. The van der Waals surface area contributed by atoms with Crippen molar-refractivity contribution in [3.05, 3.63) is 21.0 Å². The van der Waals surface area contributed by atoms with Gasteiger partial charge in [-0.25, -0.2) is 4.68 Å². The van der Waals surface area contributed by atoms with Gasteiger partial charge >= 0.3 is 0 Å². The maximum absolute atomic E-state index is 12.2. The molecule has 20 heavy (non-hydrogen) atoms. The van der Waals surface area contributed by atoms with Gasteiger partial charge in [0.05, 0.1) is 11.9 Å². The number of aromatic nitrogens is 2. The Morgan fingerprint density at radius 2 is 2.30 bits per heavy atom. The first-order valence-corrected chi connectivity index (χ1v) is 8.25. The second kappa shape index (κ2) is 5.85. The number of anilines is 1. The summed E-state index contributed by atoms with van der Waals surface area (Å²) in [6, 6.07) is 1.11. The number of nitrogens with zero attached hydrogens (tertiary/aromatic N) is 3. The van der Waals surface area contributed by atoms with Crippen LogP contribution in [0.15, 0.2) is 15.5 Å². The largest absolute Gasteiger partial charge is 0.365 e. The zero-order chi connectivity index (χ0) is 14.1. The maximum atomic E-state index is 12.2. The molecule has 0 bridgehead atoms. The smallest absolute Gasteiger partial charge is 0.283 e. The molecule has 1 atom stereocenters. The number of hydrogen-bond acceptors (Lipinski definition) is 4. The monoisotopic (exact) mass is 340 g/mol. The lowest BCUT2D eigenvalue weighted by molar-refractivity contribution is 0.570. The minimum Gasteiger partial charge on any atom is -0.365 e. The number of nitrogens with one attached hydrogen (secondary N) is 1. The maximum Gasteiger partial charge on any atom is 0.283 e. The summed E-state index contributed by atoms with van der Waals surface area (Å²) in [6.45, 7) is 4.62. The fraction of sp³-hybridized carbons (Fsp3) is 0.714. The fourth-order valence-electron chi connectivity index (χ4n) is 2.86. The summed E-state index contributed by atoms with van der Waals surface area (Å²) in [5.74, 6) is 0. The Kier molecular flexibility index (Phi) is 4.12. The highest BCUT2D eigenvalue weighted by atomic mass is 79.9. The van der Waals surface area contributed by atoms with Gasteiger partial charge in [-0.3, -0.25) is 4.79 Å². The zero-order valence-electron chi connectivity index (χ0n) is 11.8. The first-order chi connectivity index (χ1) is 9.70. The highest BCUT2D eigenvalue weighted by Crippen LogP contribution is 2.34. The van der Waals surface area contributed by atoms with Crippen molar-refractivity contribution in [1.29, 1.82) is 0 Å². The highest BCUT2D eigenvalue weighted by molar-refractivity contribution is 9.10. The van der Waals surface area contributed by atoms with Crippen LogP contribution in [0.5, 0.6) is 0 Å². The van der Waals surface area contributed by atoms with Crippen molar-refractivity contribution in [2.24, 2.45) is 0 Å². The van der Waals surface area contributed by atoms with Gasteiger partial charge in [0.15, 0.2) is 0 Å². The van der Waals surface area contributed by atoms with Gasteiger partial charge in [0.2, 0.25) is 0 Å². The summed E-state index contributed by atoms with van der Waals surface area (Å²) < 4.78 is 2.14. The van der Waals surface area contributed by atoms with E-state index in [1.54, 1.807) is 0 Å². The van der Waals surface area contributed by atoms with Gasteiger partial charge in [0, 0.05) is 25.2 Å². The topological polar surface area (TPSA) is 50.2 Å². The zero-order valence-corrected chi connectivity index (χ0v) is 13.4. The van der Waals surface area contributed by atoms with Crippen LogP contribution in [0.3, 0.4) is 0 Å². The molecule has 0 radical (unpaired) electrons. The lowest BCUT2D eigenvalue weighted by Gasteiger charge is -2.28. The van der Waals surface area contributed by atoms with E-state index in [2.05, 4.69) is 31.2 Å². The van der Waals surface area contributed by atoms with Gasteiger partial charge in [-0.2, -0.15) is 5.10 Å². The molecule has 3 rings (SSSR count). The molecule has 110 valence electrons. The second-order valence-corrected chi connectivity index (χ2v) is 6.43. The van der Waals surface area contributed by atoms with Crippen LogP contribution >= 0.6 is 15.9 Å². The molecule has 1 aliphatic carbocycles. The number of hydrogen-bond donors (Lipinski definition) is 1. The summed E-state index contributed by atoms with van der Waals surface area (Å²) in [6.07, 6.45) is 6.74. The van der Waals surface area contributed by atoms with Crippen molar-refractivity contribution in [2.45, 2.75) is 51.2 Å². The lowest BCUT2D eigenvalue weighted by Crippen LogP contribution is -2.40. The van der Waals surface area contributed by atoms with Crippen molar-refractivity contribution in [1.82, 2.24) is 15.1 Å². The molecule has 1 aromatic heterocycles. The van der Waals surface area contributed by atoms with Crippen LogP contribution < -0.4 is 15.8 Å². The van der Waals surface area contributed by atoms with Crippen molar-refractivity contribution >= 4 is 21.6 Å². The summed E-state index contributed by atoms with van der Waals surface area (Å²) >= 11 is 3.48. The third-order valence-electron chi connectivity index (χ3n) is 4.14. The van der Waals surface area contributed by atoms with Gasteiger partial charge in [-0.1, -0.05) is 0 Å². The molecule has 1 saturated heterocycles. The van der Waals surface area contributed by atoms with E-state index >= 15 is 0 Å². The molecular formula is C14H21BrN4O. The van der Waals surface area contributed by atoms with E-state index in [-0.39, 0.29) is 5.56 Å². The molecule has 5 nitrogen and oxygen atoms in total. The minimum absolute atomic E-state index is 0.0324. The Labute approximate surface area is 127 Å². The Bertz CT molecular complexity index is 534. The van der Waals surface area contributed by atoms with Crippen LogP contribution in [0.4, 0.5) is 5.69 Å². The first kappa shape index (κ1) is 14.1. The average molecular weight is 341 g/mol. The minimum atomic E-state index is -0.0324. The molecule has 2 fully saturated rings. The normalized spacial score (nSPS) is 22.2. The fourth-order valence-corrected chi connectivity index (χ4v) is 3.40. The number of rotatable bonds is 5. The summed E-state index contributed by atoms with van der Waals surface area (Å²) in [4.78, 5) is 14.6. The number of aryl methyl sites for hydroxylation is 1. The third-order valence-corrected chi connectivity index (χ3v) is 4.89. The van der Waals surface area contributed by atoms with Gasteiger partial charge in [-0.05, 0) is 55.1 Å². The SMILES string of the molecule is CCn1ncc(N(CC2CCCN2)C2CC2)c(Br)c1=O. The highest BCUT2D eigenvalue weighted by Gasteiger charge is 2.33. The lowest BCUT2D eigenvalue weighted by atomic mass is 10.2. The molecule has 1 saturated carbocycles. The quantitative estimate of drug-likeness (QED) is 0.887. The molecule has 6 heteroatoms. The molecule has 0 spiro atoms. The van der Waals surface area contributed by atoms with Crippen LogP contribution in [0.2, 0.25) is 0 Å². The molecule has 2 aliphatic rings. The summed E-state index contributed by atoms with van der Waals surface area (Å²) in [7, 11) is 0. The van der Waals surface area contributed by atoms with Gasteiger partial charge in [0.25, 0.3) is 5.56 Å². The van der Waals surface area contributed by atoms with E-state index in [4.69, 9.17) is 0 Å². The van der Waals surface area contributed by atoms with Crippen LogP contribution in [0.1, 0.15) is 32.6 Å². The Morgan fingerprint density at radius 1 is 1.50 bits per heavy atom. The molecular weight excluding hydrogens is 320 g/mol. The standard InChI is InChI=1S/C14H21BrN4O/c1-2-19-14(20)13(15)12(8-17-19)18(11-5-6-11)9-10-4-3-7-16-10/h8,10-11,16H,2-7,9H2,1H3. The van der Waals surface area contributed by atoms with Crippen LogP contribution in [-0.2, 0) is 6.54 Å². The average Bonchev–Trinajstić information content (AvgIpc) is 3.17. The molecule has 1 aliphatic heterocycles. The predicted molar refractivity (Wildman–Crippen MR) is 83.3 cm³/mol.